The molecule has 2 unspecified atom stereocenters. The van der Waals surface area contributed by atoms with E-state index in [1.54, 1.807) is 11.3 Å². The van der Waals surface area contributed by atoms with Crippen LogP contribution in [0.15, 0.2) is 18.2 Å². The fourth-order valence-corrected chi connectivity index (χ4v) is 5.22. The molecule has 29 heavy (non-hydrogen) atoms. The Morgan fingerprint density at radius 3 is 2.79 bits per heavy atom. The smallest absolute Gasteiger partial charge is 0.274 e. The van der Waals surface area contributed by atoms with Gasteiger partial charge < -0.3 is 20.3 Å². The number of hydrogen-bond acceptors (Lipinski definition) is 6. The summed E-state index contributed by atoms with van der Waals surface area (Å²) in [5.41, 5.74) is 11.6. The number of hydrogen-bond donors (Lipinski definition) is 2. The van der Waals surface area contributed by atoms with Gasteiger partial charge in [-0.25, -0.2) is 4.98 Å². The second kappa shape index (κ2) is 11.1. The molecule has 6 heteroatoms. The van der Waals surface area contributed by atoms with E-state index in [9.17, 15) is 0 Å². The average molecular weight is 419 g/mol. The van der Waals surface area contributed by atoms with Crippen LogP contribution >= 0.6 is 11.3 Å². The number of ether oxygens (including phenoxy) is 2. The van der Waals surface area contributed by atoms with Crippen LogP contribution in [0.5, 0.6) is 5.19 Å². The van der Waals surface area contributed by atoms with Gasteiger partial charge in [0, 0.05) is 19.8 Å². The number of aryl methyl sites for hydroxylation is 2. The maximum absolute atomic E-state index is 7.00. The predicted molar refractivity (Wildman–Crippen MR) is 119 cm³/mol. The third kappa shape index (κ3) is 5.57. The summed E-state index contributed by atoms with van der Waals surface area (Å²) in [7, 11) is 1.00. The van der Waals surface area contributed by atoms with E-state index in [0.717, 1.165) is 57.4 Å². The van der Waals surface area contributed by atoms with Crippen molar-refractivity contribution in [3.63, 3.8) is 0 Å². The number of aliphatic hydroxyl groups is 1. The second-order valence-corrected chi connectivity index (χ2v) is 8.72. The quantitative estimate of drug-likeness (QED) is 0.625. The summed E-state index contributed by atoms with van der Waals surface area (Å²) in [4.78, 5) is 6.00. The second-order valence-electron chi connectivity index (χ2n) is 7.76. The molecule has 1 aromatic carbocycles. The first-order chi connectivity index (χ1) is 14.2. The molecule has 2 atom stereocenters. The molecule has 160 valence electrons. The molecule has 1 aromatic heterocycles. The van der Waals surface area contributed by atoms with Crippen LogP contribution in [0.3, 0.4) is 0 Å². The first-order valence-corrected chi connectivity index (χ1v) is 11.6. The van der Waals surface area contributed by atoms with Crippen molar-refractivity contribution in [3.05, 3.63) is 35.0 Å². The van der Waals surface area contributed by atoms with Crippen LogP contribution < -0.4 is 10.5 Å². The Labute approximate surface area is 178 Å². The molecule has 0 amide bonds. The molecule has 3 N–H and O–H groups in total. The normalized spacial score (nSPS) is 19.9. The van der Waals surface area contributed by atoms with Crippen molar-refractivity contribution < 1.29 is 14.6 Å². The van der Waals surface area contributed by atoms with E-state index in [1.807, 2.05) is 0 Å². The molecule has 0 bridgehead atoms. The number of nitrogens with two attached hydrogens (primary N) is 1. The summed E-state index contributed by atoms with van der Waals surface area (Å²) in [5.74, 6) is 0.639. The molecule has 1 saturated carbocycles. The van der Waals surface area contributed by atoms with Crippen molar-refractivity contribution in [3.8, 4) is 15.6 Å². The number of aliphatic hydroxyl groups excluding tert-OH is 1. The van der Waals surface area contributed by atoms with Crippen LogP contribution in [0, 0.1) is 0 Å². The summed E-state index contributed by atoms with van der Waals surface area (Å²) >= 11 is 1.68. The van der Waals surface area contributed by atoms with Gasteiger partial charge in [-0.1, -0.05) is 42.9 Å². The molecule has 0 saturated heterocycles. The molecule has 2 aliphatic carbocycles. The Hall–Kier alpha value is -1.47. The summed E-state index contributed by atoms with van der Waals surface area (Å²) in [6.07, 6.45) is 7.85. The molecule has 0 aliphatic heterocycles. The van der Waals surface area contributed by atoms with Crippen molar-refractivity contribution in [1.82, 2.24) is 4.98 Å². The molecule has 1 heterocycles. The monoisotopic (exact) mass is 418 g/mol. The third-order valence-electron chi connectivity index (χ3n) is 5.72. The average Bonchev–Trinajstić information content (AvgIpc) is 3.37. The molecule has 0 spiro atoms. The standard InChI is InChI=1S/C22H30N2O2S.CH4O/c1-2-3-10-25-11-12-26-22-24-20-9-6-17-13-15(16-4-7-18(23)14-16)5-8-19(17)21(20)27-22;1-2/h5,8,13,16,18H,2-4,6-7,9-12,14,23H2,1H3;2H,1H3. The Morgan fingerprint density at radius 1 is 1.17 bits per heavy atom. The molecule has 1 fully saturated rings. The van der Waals surface area contributed by atoms with Crippen molar-refractivity contribution in [2.24, 2.45) is 5.73 Å². The van der Waals surface area contributed by atoms with Crippen LogP contribution in [0.2, 0.25) is 0 Å². The number of fused-ring (bicyclic) bond motifs is 3. The van der Waals surface area contributed by atoms with E-state index in [2.05, 4.69) is 25.1 Å². The first kappa shape index (κ1) is 22.2. The van der Waals surface area contributed by atoms with Gasteiger partial charge >= 0.3 is 0 Å². The van der Waals surface area contributed by atoms with Crippen LogP contribution in [0.4, 0.5) is 0 Å². The van der Waals surface area contributed by atoms with E-state index in [0.29, 0.717) is 25.2 Å². The minimum Gasteiger partial charge on any atom is -0.468 e. The van der Waals surface area contributed by atoms with E-state index in [-0.39, 0.29) is 0 Å². The summed E-state index contributed by atoms with van der Waals surface area (Å²) < 4.78 is 11.4. The summed E-state index contributed by atoms with van der Waals surface area (Å²) in [6, 6.07) is 7.40. The molecule has 2 aromatic rings. The van der Waals surface area contributed by atoms with E-state index in [4.69, 9.17) is 25.3 Å². The molecule has 5 nitrogen and oxygen atoms in total. The molecule has 0 radical (unpaired) electrons. The molecular weight excluding hydrogens is 384 g/mol. The Morgan fingerprint density at radius 2 is 2.03 bits per heavy atom. The molecule has 2 aliphatic rings. The van der Waals surface area contributed by atoms with Crippen molar-refractivity contribution in [2.75, 3.05) is 26.9 Å². The van der Waals surface area contributed by atoms with Gasteiger partial charge in [-0.3, -0.25) is 0 Å². The number of rotatable bonds is 8. The van der Waals surface area contributed by atoms with Crippen LogP contribution in [-0.2, 0) is 17.6 Å². The number of nitrogens with zero attached hydrogens (tertiary/aromatic N) is 1. The zero-order chi connectivity index (χ0) is 20.6. The van der Waals surface area contributed by atoms with E-state index < -0.39 is 0 Å². The summed E-state index contributed by atoms with van der Waals surface area (Å²) in [5, 5.41) is 7.78. The SMILES string of the molecule is CCCCOCCOc1nc2c(s1)-c1ccc(C3CCC(N)C3)cc1CC2.CO. The minimum atomic E-state index is 0.379. The van der Waals surface area contributed by atoms with Gasteiger partial charge in [0.1, 0.15) is 6.61 Å². The fraction of sp³-hybridized carbons (Fsp3) is 0.609. The molecular formula is C23H34N2O3S. The van der Waals surface area contributed by atoms with Crippen molar-refractivity contribution >= 4 is 11.3 Å². The lowest BCUT2D eigenvalue weighted by atomic mass is 9.88. The number of unbranched alkanes of at least 4 members (excludes halogenated alkanes) is 1. The highest BCUT2D eigenvalue weighted by molar-refractivity contribution is 7.17. The highest BCUT2D eigenvalue weighted by Gasteiger charge is 2.26. The number of benzene rings is 1. The van der Waals surface area contributed by atoms with Gasteiger partial charge in [-0.2, -0.15) is 0 Å². The lowest BCUT2D eigenvalue weighted by molar-refractivity contribution is 0.0979. The maximum Gasteiger partial charge on any atom is 0.274 e. The van der Waals surface area contributed by atoms with E-state index >= 15 is 0 Å². The first-order valence-electron chi connectivity index (χ1n) is 10.8. The fourth-order valence-electron chi connectivity index (χ4n) is 4.18. The molecule has 4 rings (SSSR count). The third-order valence-corrected chi connectivity index (χ3v) is 6.77. The van der Waals surface area contributed by atoms with Gasteiger partial charge in [0.2, 0.25) is 0 Å². The van der Waals surface area contributed by atoms with Crippen molar-refractivity contribution in [2.45, 2.75) is 63.8 Å². The van der Waals surface area contributed by atoms with Gasteiger partial charge in [-0.15, -0.1) is 0 Å². The Balaban J connectivity index is 0.00000117. The zero-order valence-corrected chi connectivity index (χ0v) is 18.5. The van der Waals surface area contributed by atoms with Crippen LogP contribution in [0.25, 0.3) is 10.4 Å². The van der Waals surface area contributed by atoms with Gasteiger partial charge in [-0.05, 0) is 61.1 Å². The number of aromatic nitrogens is 1. The van der Waals surface area contributed by atoms with Crippen molar-refractivity contribution in [1.29, 1.82) is 0 Å². The van der Waals surface area contributed by atoms with Gasteiger partial charge in [0.05, 0.1) is 17.2 Å². The van der Waals surface area contributed by atoms with Gasteiger partial charge in [0.25, 0.3) is 5.19 Å². The van der Waals surface area contributed by atoms with Gasteiger partial charge in [0.15, 0.2) is 0 Å². The highest BCUT2D eigenvalue weighted by Crippen LogP contribution is 2.42. The van der Waals surface area contributed by atoms with E-state index in [1.165, 1.54) is 33.7 Å². The summed E-state index contributed by atoms with van der Waals surface area (Å²) in [6.45, 7) is 4.19. The Bertz CT molecular complexity index is 777. The zero-order valence-electron chi connectivity index (χ0n) is 17.7. The van der Waals surface area contributed by atoms with Crippen LogP contribution in [-0.4, -0.2) is 43.1 Å². The lowest BCUT2D eigenvalue weighted by Crippen LogP contribution is -2.14. The Kier molecular flexibility index (Phi) is 8.48. The largest absolute Gasteiger partial charge is 0.468 e. The highest BCUT2D eigenvalue weighted by atomic mass is 32.1. The van der Waals surface area contributed by atoms with Crippen LogP contribution in [0.1, 0.15) is 61.8 Å². The topological polar surface area (TPSA) is 77.6 Å². The predicted octanol–water partition coefficient (Wildman–Crippen LogP) is 4.31. The maximum atomic E-state index is 7.00. The number of thiazole rings is 1. The minimum absolute atomic E-state index is 0.379. The lowest BCUT2D eigenvalue weighted by Gasteiger charge is -2.18.